The molecule has 0 unspecified atom stereocenters. The number of aliphatic hydroxyl groups is 2. The summed E-state index contributed by atoms with van der Waals surface area (Å²) < 4.78 is 15.2. The van der Waals surface area contributed by atoms with E-state index >= 15 is 0 Å². The summed E-state index contributed by atoms with van der Waals surface area (Å²) in [6, 6.07) is -0.370. The third kappa shape index (κ3) is 5.25. The molecule has 2 N–H and O–H groups in total. The van der Waals surface area contributed by atoms with Crippen molar-refractivity contribution < 1.29 is 38.8 Å². The third-order valence-corrected chi connectivity index (χ3v) is 8.40. The number of thioether (sulfide) groups is 1. The van der Waals surface area contributed by atoms with Gasteiger partial charge < -0.3 is 29.3 Å². The van der Waals surface area contributed by atoms with Gasteiger partial charge in [-0.15, -0.1) is 11.3 Å². The molecule has 190 valence electrons. The number of esters is 1. The van der Waals surface area contributed by atoms with Gasteiger partial charge in [0.2, 0.25) is 12.7 Å². The van der Waals surface area contributed by atoms with Crippen LogP contribution in [0.1, 0.15) is 50.1 Å². The number of carbonyl (C=O) groups is 3. The van der Waals surface area contributed by atoms with E-state index in [9.17, 15) is 24.6 Å². The van der Waals surface area contributed by atoms with Crippen LogP contribution in [0.4, 0.5) is 4.79 Å². The first-order chi connectivity index (χ1) is 16.8. The Morgan fingerprint density at radius 1 is 1.34 bits per heavy atom. The average Bonchev–Trinajstić information content (AvgIpc) is 3.53. The lowest BCUT2D eigenvalue weighted by atomic mass is 9.79. The van der Waals surface area contributed by atoms with Crippen molar-refractivity contribution in [2.24, 2.45) is 11.8 Å². The van der Waals surface area contributed by atoms with Crippen LogP contribution in [-0.2, 0) is 30.4 Å². The van der Waals surface area contributed by atoms with E-state index in [0.29, 0.717) is 10.6 Å². The standard InChI is InChI=1S/C23H28N2O8S2/c1-12-18-17(13(2)27)21(28)25(18)19(20(12)34-8-7-16-15(9-26)24-10-35-16)22(29)31-11-32-23(30)33-14-5-3-4-6-14/h7-8,10,12-14,17-18,26-27H,3-6,9,11H2,1-2H3/b8-7-/t12-,13-,17-,18-/m1/s1. The first kappa shape index (κ1) is 25.7. The molecule has 1 saturated carbocycles. The molecule has 0 bridgehead atoms. The molecule has 1 amide bonds. The summed E-state index contributed by atoms with van der Waals surface area (Å²) in [6.07, 6.45) is 3.42. The molecule has 3 heterocycles. The molecule has 3 aliphatic rings. The third-order valence-electron chi connectivity index (χ3n) is 6.47. The molecule has 2 fully saturated rings. The topological polar surface area (TPSA) is 135 Å². The van der Waals surface area contributed by atoms with Crippen molar-refractivity contribution in [3.63, 3.8) is 0 Å². The van der Waals surface area contributed by atoms with E-state index < -0.39 is 30.9 Å². The molecule has 1 aromatic rings. The highest BCUT2D eigenvalue weighted by molar-refractivity contribution is 8.06. The molecular formula is C23H28N2O8S2. The van der Waals surface area contributed by atoms with E-state index in [2.05, 4.69) is 4.98 Å². The van der Waals surface area contributed by atoms with Gasteiger partial charge in [0, 0.05) is 10.8 Å². The highest BCUT2D eigenvalue weighted by Crippen LogP contribution is 2.51. The van der Waals surface area contributed by atoms with Crippen LogP contribution in [0.3, 0.4) is 0 Å². The van der Waals surface area contributed by atoms with Crippen molar-refractivity contribution in [3.05, 3.63) is 32.1 Å². The zero-order chi connectivity index (χ0) is 25.1. The molecule has 1 saturated heterocycles. The second-order valence-corrected chi connectivity index (χ2v) is 10.5. The van der Waals surface area contributed by atoms with Gasteiger partial charge in [-0.1, -0.05) is 18.7 Å². The SMILES string of the molecule is C[C@@H](O)[C@H]1C(=O)N2C(C(=O)OCOC(=O)OC3CCCC3)=C(S/C=C\c3scnc3CO)[C@H](C)[C@H]12. The van der Waals surface area contributed by atoms with Crippen molar-refractivity contribution in [3.8, 4) is 0 Å². The summed E-state index contributed by atoms with van der Waals surface area (Å²) in [4.78, 5) is 44.4. The van der Waals surface area contributed by atoms with Crippen LogP contribution >= 0.6 is 23.1 Å². The maximum atomic E-state index is 13.0. The monoisotopic (exact) mass is 524 g/mol. The van der Waals surface area contributed by atoms with Crippen molar-refractivity contribution in [1.82, 2.24) is 9.88 Å². The molecule has 0 spiro atoms. The number of aromatic nitrogens is 1. The van der Waals surface area contributed by atoms with Crippen LogP contribution in [-0.4, -0.2) is 63.2 Å². The van der Waals surface area contributed by atoms with Crippen LogP contribution in [0.15, 0.2) is 21.5 Å². The quantitative estimate of drug-likeness (QED) is 0.282. The van der Waals surface area contributed by atoms with Gasteiger partial charge >= 0.3 is 12.1 Å². The first-order valence-corrected chi connectivity index (χ1v) is 13.2. The van der Waals surface area contributed by atoms with E-state index in [4.69, 9.17) is 14.2 Å². The van der Waals surface area contributed by atoms with Gasteiger partial charge in [0.15, 0.2) is 0 Å². The zero-order valence-corrected chi connectivity index (χ0v) is 21.0. The summed E-state index contributed by atoms with van der Waals surface area (Å²) >= 11 is 2.63. The largest absolute Gasteiger partial charge is 0.511 e. The first-order valence-electron chi connectivity index (χ1n) is 11.5. The van der Waals surface area contributed by atoms with Gasteiger partial charge in [0.25, 0.3) is 0 Å². The molecule has 0 radical (unpaired) electrons. The summed E-state index contributed by atoms with van der Waals surface area (Å²) in [7, 11) is 0. The van der Waals surface area contributed by atoms with Crippen molar-refractivity contribution in [2.45, 2.75) is 64.4 Å². The Hall–Kier alpha value is -2.41. The molecule has 2 aliphatic heterocycles. The minimum Gasteiger partial charge on any atom is -0.431 e. The molecule has 12 heteroatoms. The lowest BCUT2D eigenvalue weighted by Gasteiger charge is -2.46. The number of ether oxygens (including phenoxy) is 3. The van der Waals surface area contributed by atoms with Crippen LogP contribution in [0, 0.1) is 11.8 Å². The van der Waals surface area contributed by atoms with Gasteiger partial charge in [0.1, 0.15) is 11.8 Å². The summed E-state index contributed by atoms with van der Waals surface area (Å²) in [5, 5.41) is 21.2. The van der Waals surface area contributed by atoms with Crippen molar-refractivity contribution >= 4 is 47.2 Å². The Bertz CT molecular complexity index is 1030. The van der Waals surface area contributed by atoms with Gasteiger partial charge in [-0.05, 0) is 44.1 Å². The maximum absolute atomic E-state index is 13.0. The van der Waals surface area contributed by atoms with Crippen LogP contribution in [0.5, 0.6) is 0 Å². The van der Waals surface area contributed by atoms with Gasteiger partial charge in [-0.3, -0.25) is 4.79 Å². The minimum absolute atomic E-state index is 0.0819. The van der Waals surface area contributed by atoms with Crippen LogP contribution in [0.2, 0.25) is 0 Å². The number of aliphatic hydroxyl groups excluding tert-OH is 2. The van der Waals surface area contributed by atoms with Gasteiger partial charge in [0.05, 0.1) is 40.8 Å². The fraction of sp³-hybridized carbons (Fsp3) is 0.565. The number of carbonyl (C=O) groups excluding carboxylic acids is 3. The number of thiazole rings is 1. The lowest BCUT2D eigenvalue weighted by molar-refractivity contribution is -0.166. The van der Waals surface area contributed by atoms with Crippen molar-refractivity contribution in [2.75, 3.05) is 6.79 Å². The molecular weight excluding hydrogens is 496 g/mol. The number of rotatable bonds is 9. The Balaban J connectivity index is 1.45. The predicted molar refractivity (Wildman–Crippen MR) is 127 cm³/mol. The molecule has 4 rings (SSSR count). The molecule has 0 aromatic carbocycles. The van der Waals surface area contributed by atoms with Gasteiger partial charge in [-0.2, -0.15) is 0 Å². The number of β-lactam (4-membered cyclic amide) rings is 1. The normalized spacial score (nSPS) is 25.1. The minimum atomic E-state index is -0.896. The smallest absolute Gasteiger partial charge is 0.431 e. The van der Waals surface area contributed by atoms with E-state index in [1.165, 1.54) is 28.0 Å². The predicted octanol–water partition coefficient (Wildman–Crippen LogP) is 3.00. The number of hydrogen-bond acceptors (Lipinski definition) is 11. The average molecular weight is 525 g/mol. The Morgan fingerprint density at radius 3 is 2.77 bits per heavy atom. The summed E-state index contributed by atoms with van der Waals surface area (Å²) in [5.74, 6) is -1.99. The Morgan fingerprint density at radius 2 is 2.09 bits per heavy atom. The fourth-order valence-corrected chi connectivity index (χ4v) is 6.52. The van der Waals surface area contributed by atoms with E-state index in [1.807, 2.05) is 6.92 Å². The number of nitrogens with zero attached hydrogens (tertiary/aromatic N) is 2. The molecule has 1 aliphatic carbocycles. The number of hydrogen-bond donors (Lipinski definition) is 2. The molecule has 10 nitrogen and oxygen atoms in total. The Labute approximate surface area is 210 Å². The van der Waals surface area contributed by atoms with Crippen molar-refractivity contribution in [1.29, 1.82) is 0 Å². The van der Waals surface area contributed by atoms with E-state index in [0.717, 1.165) is 30.6 Å². The second-order valence-electron chi connectivity index (χ2n) is 8.68. The Kier molecular flexibility index (Phi) is 8.15. The van der Waals surface area contributed by atoms with E-state index in [-0.39, 0.29) is 36.3 Å². The summed E-state index contributed by atoms with van der Waals surface area (Å²) in [6.45, 7) is 2.62. The zero-order valence-electron chi connectivity index (χ0n) is 19.4. The van der Waals surface area contributed by atoms with Crippen LogP contribution < -0.4 is 0 Å². The molecule has 1 aromatic heterocycles. The number of amides is 1. The fourth-order valence-electron chi connectivity index (χ4n) is 4.75. The van der Waals surface area contributed by atoms with E-state index in [1.54, 1.807) is 23.9 Å². The molecule has 35 heavy (non-hydrogen) atoms. The highest BCUT2D eigenvalue weighted by Gasteiger charge is 2.60. The van der Waals surface area contributed by atoms with Crippen LogP contribution in [0.25, 0.3) is 6.08 Å². The lowest BCUT2D eigenvalue weighted by Crippen LogP contribution is -2.63. The second kappa shape index (κ2) is 11.1. The van der Waals surface area contributed by atoms with Gasteiger partial charge in [-0.25, -0.2) is 14.6 Å². The molecule has 4 atom stereocenters. The number of fused-ring (bicyclic) bond motifs is 1. The summed E-state index contributed by atoms with van der Waals surface area (Å²) in [5.41, 5.74) is 2.26. The highest BCUT2D eigenvalue weighted by atomic mass is 32.2. The maximum Gasteiger partial charge on any atom is 0.511 e.